The van der Waals surface area contributed by atoms with Crippen molar-refractivity contribution in [1.82, 2.24) is 9.55 Å². The van der Waals surface area contributed by atoms with Crippen molar-refractivity contribution < 1.29 is 14.3 Å². The van der Waals surface area contributed by atoms with Crippen LogP contribution >= 0.6 is 0 Å². The molecule has 3 rings (SSSR count). The Balaban J connectivity index is 1.60. The summed E-state index contributed by atoms with van der Waals surface area (Å²) in [5, 5.41) is 3.13. The number of hydrogen-bond acceptors (Lipinski definition) is 5. The summed E-state index contributed by atoms with van der Waals surface area (Å²) in [5.41, 5.74) is 0.538. The number of H-pyrrole nitrogens is 1. The first kappa shape index (κ1) is 19.1. The van der Waals surface area contributed by atoms with Crippen molar-refractivity contribution in [3.8, 4) is 0 Å². The van der Waals surface area contributed by atoms with Crippen LogP contribution in [0.5, 0.6) is 0 Å². The summed E-state index contributed by atoms with van der Waals surface area (Å²) < 4.78 is 5.71. The Morgan fingerprint density at radius 1 is 1.07 bits per heavy atom. The molecule has 0 saturated heterocycles. The molecule has 0 atom stereocenters. The monoisotopic (exact) mass is 381 g/mol. The van der Waals surface area contributed by atoms with Crippen molar-refractivity contribution in [2.75, 3.05) is 12.4 Å². The van der Waals surface area contributed by atoms with Crippen molar-refractivity contribution in [2.24, 2.45) is 0 Å². The number of ether oxygens (including phenoxy) is 1. The van der Waals surface area contributed by atoms with E-state index in [1.807, 2.05) is 0 Å². The van der Waals surface area contributed by atoms with Gasteiger partial charge in [-0.15, -0.1) is 0 Å². The van der Waals surface area contributed by atoms with E-state index in [0.717, 1.165) is 4.57 Å². The number of carbonyl (C=O) groups is 2. The van der Waals surface area contributed by atoms with E-state index >= 15 is 0 Å². The van der Waals surface area contributed by atoms with Gasteiger partial charge in [0.15, 0.2) is 0 Å². The molecule has 1 amide bonds. The first-order valence-electron chi connectivity index (χ1n) is 8.69. The average Bonchev–Trinajstić information content (AvgIpc) is 2.70. The summed E-state index contributed by atoms with van der Waals surface area (Å²) in [6.07, 6.45) is 0.463. The summed E-state index contributed by atoms with van der Waals surface area (Å²) in [4.78, 5) is 50.7. The van der Waals surface area contributed by atoms with Gasteiger partial charge in [0.25, 0.3) is 5.56 Å². The van der Waals surface area contributed by atoms with Gasteiger partial charge in [-0.05, 0) is 42.8 Å². The number of rotatable bonds is 6. The lowest BCUT2D eigenvalue weighted by molar-refractivity contribution is -0.116. The molecule has 28 heavy (non-hydrogen) atoms. The summed E-state index contributed by atoms with van der Waals surface area (Å²) in [6.45, 7) is 0.133. The molecule has 0 radical (unpaired) electrons. The second-order valence-corrected chi connectivity index (χ2v) is 6.15. The number of nitrogens with one attached hydrogen (secondary N) is 2. The Kier molecular flexibility index (Phi) is 5.69. The fourth-order valence-electron chi connectivity index (χ4n) is 2.83. The molecule has 0 aliphatic heterocycles. The minimum absolute atomic E-state index is 0.133. The SMILES string of the molecule is COC(=O)c1ccc(NC(=O)CCCn2c(=O)[nH]c3ccccc3c2=O)cc1. The lowest BCUT2D eigenvalue weighted by Gasteiger charge is -2.08. The van der Waals surface area contributed by atoms with E-state index in [-0.39, 0.29) is 24.4 Å². The van der Waals surface area contributed by atoms with E-state index in [1.165, 1.54) is 7.11 Å². The van der Waals surface area contributed by atoms with Gasteiger partial charge in [0.2, 0.25) is 5.91 Å². The third kappa shape index (κ3) is 4.17. The highest BCUT2D eigenvalue weighted by atomic mass is 16.5. The van der Waals surface area contributed by atoms with Crippen LogP contribution in [0.2, 0.25) is 0 Å². The predicted octanol–water partition coefficient (Wildman–Crippen LogP) is 1.90. The second kappa shape index (κ2) is 8.34. The van der Waals surface area contributed by atoms with Crippen LogP contribution in [0.1, 0.15) is 23.2 Å². The summed E-state index contributed by atoms with van der Waals surface area (Å²) in [7, 11) is 1.30. The summed E-state index contributed by atoms with van der Waals surface area (Å²) >= 11 is 0. The van der Waals surface area contributed by atoms with E-state index in [4.69, 9.17) is 0 Å². The quantitative estimate of drug-likeness (QED) is 0.634. The number of esters is 1. The van der Waals surface area contributed by atoms with E-state index in [2.05, 4.69) is 15.0 Å². The Morgan fingerprint density at radius 2 is 1.79 bits per heavy atom. The molecule has 8 nitrogen and oxygen atoms in total. The van der Waals surface area contributed by atoms with Gasteiger partial charge in [-0.3, -0.25) is 14.2 Å². The third-order valence-electron chi connectivity index (χ3n) is 4.26. The highest BCUT2D eigenvalue weighted by Crippen LogP contribution is 2.11. The van der Waals surface area contributed by atoms with Crippen LogP contribution in [0.25, 0.3) is 10.9 Å². The maximum Gasteiger partial charge on any atom is 0.337 e. The normalized spacial score (nSPS) is 10.6. The molecule has 0 aliphatic rings. The molecule has 2 aromatic carbocycles. The maximum absolute atomic E-state index is 12.4. The molecule has 2 N–H and O–H groups in total. The topological polar surface area (TPSA) is 110 Å². The van der Waals surface area contributed by atoms with Crippen LogP contribution in [0.4, 0.5) is 5.69 Å². The molecule has 0 bridgehead atoms. The number of fused-ring (bicyclic) bond motifs is 1. The van der Waals surface area contributed by atoms with Gasteiger partial charge in [-0.1, -0.05) is 12.1 Å². The van der Waals surface area contributed by atoms with Gasteiger partial charge >= 0.3 is 11.7 Å². The molecule has 144 valence electrons. The average molecular weight is 381 g/mol. The molecule has 0 saturated carbocycles. The number of hydrogen-bond donors (Lipinski definition) is 2. The van der Waals surface area contributed by atoms with Crippen molar-refractivity contribution >= 4 is 28.5 Å². The Bertz CT molecular complexity index is 1130. The lowest BCUT2D eigenvalue weighted by Crippen LogP contribution is -2.35. The first-order chi connectivity index (χ1) is 13.5. The Hall–Kier alpha value is -3.68. The van der Waals surface area contributed by atoms with Crippen LogP contribution in [0.15, 0.2) is 58.1 Å². The summed E-state index contributed by atoms with van der Waals surface area (Å²) in [5.74, 6) is -0.708. The number of para-hydroxylation sites is 1. The number of aromatic amines is 1. The first-order valence-corrected chi connectivity index (χ1v) is 8.69. The smallest absolute Gasteiger partial charge is 0.337 e. The zero-order valence-electron chi connectivity index (χ0n) is 15.2. The molecule has 8 heteroatoms. The molecule has 0 spiro atoms. The number of carbonyl (C=O) groups excluding carboxylic acids is 2. The third-order valence-corrected chi connectivity index (χ3v) is 4.26. The zero-order valence-corrected chi connectivity index (χ0v) is 15.2. The van der Waals surface area contributed by atoms with Crippen molar-refractivity contribution in [2.45, 2.75) is 19.4 Å². The van der Waals surface area contributed by atoms with Gasteiger partial charge in [-0.2, -0.15) is 0 Å². The molecule has 1 heterocycles. The van der Waals surface area contributed by atoms with Crippen LogP contribution in [-0.2, 0) is 16.1 Å². The van der Waals surface area contributed by atoms with Gasteiger partial charge in [-0.25, -0.2) is 9.59 Å². The molecule has 1 aromatic heterocycles. The van der Waals surface area contributed by atoms with E-state index in [1.54, 1.807) is 48.5 Å². The number of aromatic nitrogens is 2. The number of amides is 1. The Morgan fingerprint density at radius 3 is 2.50 bits per heavy atom. The molecular weight excluding hydrogens is 362 g/mol. The number of benzene rings is 2. The van der Waals surface area contributed by atoms with Gasteiger partial charge in [0, 0.05) is 18.7 Å². The van der Waals surface area contributed by atoms with Crippen molar-refractivity contribution in [1.29, 1.82) is 0 Å². The van der Waals surface area contributed by atoms with Gasteiger partial charge in [0.1, 0.15) is 0 Å². The minimum atomic E-state index is -0.498. The largest absolute Gasteiger partial charge is 0.465 e. The Labute approximate surface area is 159 Å². The van der Waals surface area contributed by atoms with Crippen molar-refractivity contribution in [3.05, 3.63) is 74.9 Å². The van der Waals surface area contributed by atoms with E-state index in [0.29, 0.717) is 28.6 Å². The van der Waals surface area contributed by atoms with E-state index < -0.39 is 11.7 Å². The number of nitrogens with zero attached hydrogens (tertiary/aromatic N) is 1. The van der Waals surface area contributed by atoms with Gasteiger partial charge < -0.3 is 15.0 Å². The maximum atomic E-state index is 12.4. The van der Waals surface area contributed by atoms with Gasteiger partial charge in [0.05, 0.1) is 23.6 Å². The van der Waals surface area contributed by atoms with Crippen molar-refractivity contribution in [3.63, 3.8) is 0 Å². The highest BCUT2D eigenvalue weighted by Gasteiger charge is 2.09. The summed E-state index contributed by atoms with van der Waals surface area (Å²) in [6, 6.07) is 13.1. The highest BCUT2D eigenvalue weighted by molar-refractivity contribution is 5.93. The standard InChI is InChI=1S/C20H19N3O5/c1-28-19(26)13-8-10-14(11-9-13)21-17(24)7-4-12-23-18(25)15-5-2-3-6-16(15)22-20(23)27/h2-3,5-6,8-11H,4,7,12H2,1H3,(H,21,24)(H,22,27). The number of anilines is 1. The minimum Gasteiger partial charge on any atom is -0.465 e. The second-order valence-electron chi connectivity index (χ2n) is 6.15. The van der Waals surface area contributed by atoms with Crippen LogP contribution in [0.3, 0.4) is 0 Å². The fraction of sp³-hybridized carbons (Fsp3) is 0.200. The lowest BCUT2D eigenvalue weighted by atomic mass is 10.2. The molecule has 0 unspecified atom stereocenters. The molecule has 0 aliphatic carbocycles. The van der Waals surface area contributed by atoms with Crippen LogP contribution < -0.4 is 16.6 Å². The molecule has 0 fully saturated rings. The predicted molar refractivity (Wildman–Crippen MR) is 104 cm³/mol. The molecule has 3 aromatic rings. The zero-order chi connectivity index (χ0) is 20.1. The van der Waals surface area contributed by atoms with Crippen LogP contribution in [0, 0.1) is 0 Å². The van der Waals surface area contributed by atoms with E-state index in [9.17, 15) is 19.2 Å². The number of methoxy groups -OCH3 is 1. The molecular formula is C20H19N3O5. The van der Waals surface area contributed by atoms with Crippen LogP contribution in [-0.4, -0.2) is 28.5 Å². The fourth-order valence-corrected chi connectivity index (χ4v) is 2.83.